The molecule has 112 heavy (non-hydrogen) atoms. The highest BCUT2D eigenvalue weighted by Gasteiger charge is 2.63. The van der Waals surface area contributed by atoms with Gasteiger partial charge in [-0.15, -0.1) is 0 Å². The van der Waals surface area contributed by atoms with Crippen molar-refractivity contribution in [2.24, 2.45) is 0 Å². The van der Waals surface area contributed by atoms with Crippen LogP contribution in [0.1, 0.15) is 130 Å². The van der Waals surface area contributed by atoms with Gasteiger partial charge in [0.2, 0.25) is 24.1 Å². The zero-order valence-electron chi connectivity index (χ0n) is 62.7. The molecule has 43 nitrogen and oxygen atoms in total. The van der Waals surface area contributed by atoms with Gasteiger partial charge in [-0.25, -0.2) is 9.59 Å². The number of rotatable bonds is 46. The first-order valence-electron chi connectivity index (χ1n) is 37.7. The summed E-state index contributed by atoms with van der Waals surface area (Å²) in [5.41, 5.74) is 0. The average molecular weight is 1630 g/mol. The standard InChI is InChI=1S/C69H118N4O39/c1-5-6-7-8-9-10-11-12-13-14-15-16-17-18-19-20-35(83)34(70-30-79)28-101-63-53(94)51(92)57(41(26-77)104-63)108-64-54(95)52(93)56(42(27-78)105-64)107-62-46(73-33(4)82)58(50(91)43(106-62)29-102-68(66(97)98)21-36(84)44(71-31(2)80)59(110-68)47(88)38(86)23-74)109-65-55(96)61(49(90)40(25-76)103-65)112-69(67(99)100)22-37(85)45(72-32(3)81)60(111-69)48(89)39(87)24-75/h19-20,30,34-65,74-78,83-96H,5-18,21-29H2,1-4H3,(H,70,79)(H,71,80)(H,72,81)(H,73,82)(H,97,98)(H,99,100)/b20-19+/t34-,35+,36-,37-,38+,39+,40+,41+,42+,43+,44+,45+,46+,47+,48+,49-,50-,51+,52+,53+,54+,55+,56-,57+,58+,59+,60+,61-,62-,63+,64-,65-,68+,69-/m0/s1. The van der Waals surface area contributed by atoms with E-state index < -0.39 is 296 Å². The van der Waals surface area contributed by atoms with Crippen LogP contribution < -0.4 is 21.3 Å². The monoisotopic (exact) mass is 1630 g/mol. The zero-order valence-corrected chi connectivity index (χ0v) is 62.7. The molecule has 0 saturated carbocycles. The van der Waals surface area contributed by atoms with Gasteiger partial charge in [-0.2, -0.15) is 0 Å². The maximum absolute atomic E-state index is 13.4. The predicted molar refractivity (Wildman–Crippen MR) is 371 cm³/mol. The van der Waals surface area contributed by atoms with Crippen molar-refractivity contribution in [1.29, 1.82) is 0 Å². The zero-order chi connectivity index (χ0) is 83.1. The summed E-state index contributed by atoms with van der Waals surface area (Å²) in [6, 6.07) is -6.79. The smallest absolute Gasteiger partial charge is 0.364 e. The Morgan fingerprint density at radius 2 is 0.893 bits per heavy atom. The molecule has 25 N–H and O–H groups in total. The van der Waals surface area contributed by atoms with Gasteiger partial charge in [-0.3, -0.25) is 19.2 Å². The predicted octanol–water partition coefficient (Wildman–Crippen LogP) is -9.72. The van der Waals surface area contributed by atoms with E-state index in [1.165, 1.54) is 57.4 Å². The summed E-state index contributed by atoms with van der Waals surface area (Å²) >= 11 is 0. The summed E-state index contributed by atoms with van der Waals surface area (Å²) in [5, 5.41) is 243. The Balaban J connectivity index is 1.26. The van der Waals surface area contributed by atoms with E-state index in [0.717, 1.165) is 52.9 Å². The van der Waals surface area contributed by atoms with Gasteiger partial charge in [-0.05, 0) is 12.8 Å². The van der Waals surface area contributed by atoms with E-state index in [0.29, 0.717) is 12.8 Å². The fraction of sp³-hybridized carbons (Fsp3) is 0.884. The second-order valence-corrected chi connectivity index (χ2v) is 29.0. The first kappa shape index (κ1) is 96.2. The molecule has 6 aliphatic rings. The second kappa shape index (κ2) is 45.9. The average Bonchev–Trinajstić information content (AvgIpc) is 0.760. The van der Waals surface area contributed by atoms with Gasteiger partial charge in [0.15, 0.2) is 25.2 Å². The van der Waals surface area contributed by atoms with Crippen LogP contribution in [0.25, 0.3) is 0 Å². The fourth-order valence-corrected chi connectivity index (χ4v) is 14.3. The maximum Gasteiger partial charge on any atom is 0.364 e. The lowest BCUT2D eigenvalue weighted by Gasteiger charge is -2.52. The van der Waals surface area contributed by atoms with E-state index in [4.69, 9.17) is 56.8 Å². The van der Waals surface area contributed by atoms with Crippen LogP contribution in [-0.2, 0) is 85.6 Å². The molecule has 0 spiro atoms. The van der Waals surface area contributed by atoms with Crippen LogP contribution in [0.2, 0.25) is 0 Å². The van der Waals surface area contributed by atoms with Crippen molar-refractivity contribution in [1.82, 2.24) is 21.3 Å². The molecule has 34 atom stereocenters. The summed E-state index contributed by atoms with van der Waals surface area (Å²) in [4.78, 5) is 76.4. The van der Waals surface area contributed by atoms with Crippen molar-refractivity contribution < 1.29 is 193 Å². The minimum absolute atomic E-state index is 0.300. The molecular formula is C69H118N4O39. The first-order chi connectivity index (χ1) is 53.1. The molecule has 0 aromatic rings. The Morgan fingerprint density at radius 1 is 0.482 bits per heavy atom. The number of carboxylic acid groups (broad SMARTS) is 2. The molecular weight excluding hydrogens is 1510 g/mol. The molecule has 6 fully saturated rings. The van der Waals surface area contributed by atoms with Crippen LogP contribution in [0, 0.1) is 0 Å². The largest absolute Gasteiger partial charge is 0.477 e. The number of unbranched alkanes of at least 4 members (excludes halogenated alkanes) is 13. The summed E-state index contributed by atoms with van der Waals surface area (Å²) < 4.78 is 70.5. The molecule has 43 heteroatoms. The molecule has 0 unspecified atom stereocenters. The van der Waals surface area contributed by atoms with Gasteiger partial charge in [0.1, 0.15) is 134 Å². The van der Waals surface area contributed by atoms with Crippen LogP contribution in [0.3, 0.4) is 0 Å². The normalized spacial score (nSPS) is 38.2. The minimum Gasteiger partial charge on any atom is -0.477 e. The summed E-state index contributed by atoms with van der Waals surface area (Å²) in [7, 11) is 0. The van der Waals surface area contributed by atoms with Gasteiger partial charge in [0.05, 0.1) is 82.7 Å². The number of nitrogens with one attached hydrogen (secondary N) is 4. The number of amides is 4. The molecule has 0 aromatic heterocycles. The van der Waals surface area contributed by atoms with E-state index in [2.05, 4.69) is 28.2 Å². The van der Waals surface area contributed by atoms with Gasteiger partial charge < -0.3 is 185 Å². The second-order valence-electron chi connectivity index (χ2n) is 29.0. The molecule has 6 heterocycles. The number of carbonyl (C=O) groups excluding carboxylic acids is 4. The molecule has 0 radical (unpaired) electrons. The van der Waals surface area contributed by atoms with Gasteiger partial charge in [0, 0.05) is 33.6 Å². The van der Waals surface area contributed by atoms with Crippen molar-refractivity contribution in [3.63, 3.8) is 0 Å². The summed E-state index contributed by atoms with van der Waals surface area (Å²) in [5.74, 6) is -13.7. The van der Waals surface area contributed by atoms with E-state index in [-0.39, 0.29) is 0 Å². The van der Waals surface area contributed by atoms with Crippen LogP contribution in [0.15, 0.2) is 12.2 Å². The van der Waals surface area contributed by atoms with Crippen LogP contribution >= 0.6 is 0 Å². The fourth-order valence-electron chi connectivity index (χ4n) is 14.3. The molecule has 4 amide bonds. The Labute approximate surface area is 644 Å². The lowest BCUT2D eigenvalue weighted by molar-refractivity contribution is -0.391. The highest BCUT2D eigenvalue weighted by atomic mass is 16.8. The number of aliphatic carboxylic acids is 2. The Hall–Kier alpha value is -4.68. The third kappa shape index (κ3) is 25.2. The van der Waals surface area contributed by atoms with Crippen LogP contribution in [-0.4, -0.2) is 397 Å². The van der Waals surface area contributed by atoms with E-state index >= 15 is 0 Å². The maximum atomic E-state index is 13.4. The van der Waals surface area contributed by atoms with E-state index in [9.17, 15) is 136 Å². The molecule has 6 saturated heterocycles. The third-order valence-electron chi connectivity index (χ3n) is 20.5. The number of carboxylic acids is 2. The number of ether oxygens (including phenoxy) is 12. The summed E-state index contributed by atoms with van der Waals surface area (Å²) in [6.45, 7) is -2.86. The van der Waals surface area contributed by atoms with Crippen molar-refractivity contribution in [3.05, 3.63) is 12.2 Å². The Kier molecular flexibility index (Phi) is 39.4. The highest BCUT2D eigenvalue weighted by Crippen LogP contribution is 2.41. The van der Waals surface area contributed by atoms with Crippen molar-refractivity contribution in [2.75, 3.05) is 46.2 Å². The number of allylic oxidation sites excluding steroid dienone is 1. The number of hydrogen-bond donors (Lipinski definition) is 25. The molecule has 6 aliphatic heterocycles. The number of aliphatic hydroxyl groups excluding tert-OH is 19. The van der Waals surface area contributed by atoms with E-state index in [1.54, 1.807) is 6.08 Å². The van der Waals surface area contributed by atoms with Gasteiger partial charge >= 0.3 is 11.9 Å². The van der Waals surface area contributed by atoms with Gasteiger partial charge in [-0.1, -0.05) is 96.1 Å². The number of hydrogen-bond acceptors (Lipinski definition) is 37. The summed E-state index contributed by atoms with van der Waals surface area (Å²) in [6.07, 6.45) is -44.2. The molecule has 0 aliphatic carbocycles. The van der Waals surface area contributed by atoms with Crippen LogP contribution in [0.5, 0.6) is 0 Å². The molecule has 6 rings (SSSR count). The lowest BCUT2D eigenvalue weighted by atomic mass is 9.88. The van der Waals surface area contributed by atoms with Crippen molar-refractivity contribution in [2.45, 2.75) is 338 Å². The minimum atomic E-state index is -3.36. The van der Waals surface area contributed by atoms with Crippen LogP contribution in [0.4, 0.5) is 0 Å². The Bertz CT molecular complexity index is 2880. The van der Waals surface area contributed by atoms with E-state index in [1.807, 2.05) is 0 Å². The quantitative estimate of drug-likeness (QED) is 0.0153. The first-order valence-corrected chi connectivity index (χ1v) is 37.7. The SMILES string of the molecule is CCCCCCCCCCCCCCC/C=C/[C@@H](O)[C@H](CO[C@@H]1O[C@H](CO)[C@@H](O[C@@H]2O[C@H](CO)[C@H](O[C@@H]3O[C@H](CO[C@]4(C(=O)O)C[C@H](O)[C@@H](NC(C)=O)[C@H]([C@H](O)[C@H](O)CO)O4)[C@H](O)[C@H](O[C@@H]4O[C@H](CO)[C@H](O)[C@H](O[C@]5(C(=O)O)C[C@H](O)[C@@H](NC(C)=O)[C@H]([C@H](O)[C@H](O)CO)O5)[C@H]4O)[C@H]3NC(C)=O)[C@H](O)[C@H]2O)[C@H](O)[C@H]1O)NC=O. The Morgan fingerprint density at radius 3 is 1.37 bits per heavy atom. The molecule has 648 valence electrons. The topological polar surface area (TPSA) is 686 Å². The molecule has 0 bridgehead atoms. The van der Waals surface area contributed by atoms with Crippen molar-refractivity contribution in [3.8, 4) is 0 Å². The highest BCUT2D eigenvalue weighted by molar-refractivity contribution is 5.77. The van der Waals surface area contributed by atoms with Crippen molar-refractivity contribution >= 4 is 36.1 Å². The lowest BCUT2D eigenvalue weighted by Crippen LogP contribution is -2.72. The third-order valence-corrected chi connectivity index (χ3v) is 20.5. The number of aliphatic hydroxyl groups is 19. The number of carbonyl (C=O) groups is 6. The van der Waals surface area contributed by atoms with Gasteiger partial charge in [0.25, 0.3) is 11.6 Å². The molecule has 0 aromatic carbocycles.